The fourth-order valence-corrected chi connectivity index (χ4v) is 6.15. The molecule has 0 saturated carbocycles. The number of nitro benzene ring substituents is 1. The van der Waals surface area contributed by atoms with Gasteiger partial charge in [0, 0.05) is 28.6 Å². The molecule has 2 aliphatic rings. The second kappa shape index (κ2) is 9.01. The van der Waals surface area contributed by atoms with E-state index in [4.69, 9.17) is 9.47 Å². The number of non-ortho nitro benzene ring substituents is 1. The molecule has 11 heteroatoms. The summed E-state index contributed by atoms with van der Waals surface area (Å²) in [4.78, 5) is 10.4. The van der Waals surface area contributed by atoms with E-state index >= 15 is 0 Å². The average Bonchev–Trinajstić information content (AvgIpc) is 2.94. The van der Waals surface area contributed by atoms with Crippen LogP contribution in [0.4, 0.5) is 5.69 Å². The van der Waals surface area contributed by atoms with Crippen molar-refractivity contribution in [3.63, 3.8) is 0 Å². The predicted octanol–water partition coefficient (Wildman–Crippen LogP) is -1.55. The Labute approximate surface area is 163 Å². The van der Waals surface area contributed by atoms with Gasteiger partial charge in [-0.15, -0.1) is 0 Å². The molecule has 156 valence electrons. The molecule has 2 fully saturated rings. The van der Waals surface area contributed by atoms with Crippen molar-refractivity contribution < 1.29 is 39.9 Å². The minimum atomic E-state index is -1.13. The van der Waals surface area contributed by atoms with Crippen LogP contribution < -0.4 is 0 Å². The molecular formula is C17H24NO9S+. The Balaban J connectivity index is 1.69. The Morgan fingerprint density at radius 3 is 2.71 bits per heavy atom. The lowest BCUT2D eigenvalue weighted by Gasteiger charge is -2.36. The number of hydrogen-bond acceptors (Lipinski definition) is 9. The summed E-state index contributed by atoms with van der Waals surface area (Å²) in [5.74, 6) is 0.375. The van der Waals surface area contributed by atoms with Crippen LogP contribution in [0.15, 0.2) is 24.3 Å². The van der Waals surface area contributed by atoms with Crippen LogP contribution in [-0.2, 0) is 20.4 Å². The van der Waals surface area contributed by atoms with E-state index in [9.17, 15) is 35.6 Å². The highest BCUT2D eigenvalue weighted by Gasteiger charge is 2.51. The topological polar surface area (TPSA) is 163 Å². The minimum absolute atomic E-state index is 0.127. The number of ether oxygens (including phenoxy) is 2. The number of nitro groups is 1. The summed E-state index contributed by atoms with van der Waals surface area (Å²) >= 11 is 0. The number of aliphatic hydroxyl groups excluding tert-OH is 5. The first-order valence-corrected chi connectivity index (χ1v) is 10.4. The highest BCUT2D eigenvalue weighted by atomic mass is 32.2. The van der Waals surface area contributed by atoms with E-state index < -0.39 is 57.9 Å². The summed E-state index contributed by atoms with van der Waals surface area (Å²) in [5, 5.41) is 60.4. The molecule has 0 aliphatic carbocycles. The molecule has 0 aromatic heterocycles. The van der Waals surface area contributed by atoms with E-state index in [0.29, 0.717) is 5.56 Å². The first-order valence-electron chi connectivity index (χ1n) is 8.82. The maximum absolute atomic E-state index is 10.9. The maximum Gasteiger partial charge on any atom is 0.269 e. The molecule has 1 aromatic rings. The molecule has 2 unspecified atom stereocenters. The molecule has 1 aromatic carbocycles. The molecule has 8 atom stereocenters. The van der Waals surface area contributed by atoms with Crippen LogP contribution in [0.2, 0.25) is 0 Å². The van der Waals surface area contributed by atoms with Crippen molar-refractivity contribution in [2.45, 2.75) is 42.1 Å². The molecular weight excluding hydrogens is 394 g/mol. The van der Waals surface area contributed by atoms with Gasteiger partial charge in [0.15, 0.2) is 11.5 Å². The molecule has 0 bridgehead atoms. The Bertz CT molecular complexity index is 692. The zero-order valence-electron chi connectivity index (χ0n) is 14.9. The average molecular weight is 418 g/mol. The Morgan fingerprint density at radius 1 is 1.29 bits per heavy atom. The van der Waals surface area contributed by atoms with Crippen molar-refractivity contribution in [3.8, 4) is 0 Å². The number of benzene rings is 1. The fraction of sp³-hybridized carbons (Fsp3) is 0.647. The molecule has 2 saturated heterocycles. The van der Waals surface area contributed by atoms with Gasteiger partial charge in [0.1, 0.15) is 42.0 Å². The first kappa shape index (κ1) is 21.4. The van der Waals surface area contributed by atoms with Gasteiger partial charge in [0.05, 0.1) is 18.1 Å². The monoisotopic (exact) mass is 418 g/mol. The Hall–Kier alpha value is -1.31. The van der Waals surface area contributed by atoms with Crippen molar-refractivity contribution in [3.05, 3.63) is 39.9 Å². The van der Waals surface area contributed by atoms with Gasteiger partial charge in [-0.1, -0.05) is 12.1 Å². The summed E-state index contributed by atoms with van der Waals surface area (Å²) in [5.41, 5.74) is 0.259. The zero-order chi connectivity index (χ0) is 20.4. The second-order valence-electron chi connectivity index (χ2n) is 6.90. The van der Waals surface area contributed by atoms with Gasteiger partial charge in [-0.05, 0) is 0 Å². The van der Waals surface area contributed by atoms with Crippen LogP contribution in [-0.4, -0.2) is 90.9 Å². The highest BCUT2D eigenvalue weighted by Crippen LogP contribution is 2.31. The van der Waals surface area contributed by atoms with Crippen LogP contribution in [0.25, 0.3) is 0 Å². The second-order valence-corrected chi connectivity index (χ2v) is 9.25. The van der Waals surface area contributed by atoms with E-state index in [1.54, 1.807) is 6.07 Å². The van der Waals surface area contributed by atoms with Crippen LogP contribution in [0, 0.1) is 10.1 Å². The minimum Gasteiger partial charge on any atom is -0.391 e. The molecule has 0 radical (unpaired) electrons. The van der Waals surface area contributed by atoms with Gasteiger partial charge in [0.25, 0.3) is 5.69 Å². The lowest BCUT2D eigenvalue weighted by molar-refractivity contribution is -0.385. The quantitative estimate of drug-likeness (QED) is 0.209. The van der Waals surface area contributed by atoms with Gasteiger partial charge in [-0.25, -0.2) is 0 Å². The normalized spacial score (nSPS) is 37.0. The SMILES string of the molecule is O=[N+]([O-])c1cccc(C2OC[C@@H](O)[C@@H]([C@H](O)C[S+]3C[C@@H](O)[C@H](O)[C@H]3CO)O2)c1. The van der Waals surface area contributed by atoms with Gasteiger partial charge in [-0.2, -0.15) is 0 Å². The predicted molar refractivity (Wildman–Crippen MR) is 98.7 cm³/mol. The largest absolute Gasteiger partial charge is 0.391 e. The third-order valence-corrected chi connectivity index (χ3v) is 7.79. The lowest BCUT2D eigenvalue weighted by atomic mass is 10.1. The smallest absolute Gasteiger partial charge is 0.269 e. The van der Waals surface area contributed by atoms with Crippen LogP contribution >= 0.6 is 0 Å². The summed E-state index contributed by atoms with van der Waals surface area (Å²) in [6, 6.07) is 5.72. The van der Waals surface area contributed by atoms with E-state index in [-0.39, 0.29) is 30.4 Å². The Morgan fingerprint density at radius 2 is 2.04 bits per heavy atom. The molecule has 0 amide bonds. The summed E-state index contributed by atoms with van der Waals surface area (Å²) < 4.78 is 11.1. The van der Waals surface area contributed by atoms with Crippen molar-refractivity contribution in [2.75, 3.05) is 24.7 Å². The van der Waals surface area contributed by atoms with Crippen LogP contribution in [0.1, 0.15) is 11.9 Å². The third-order valence-electron chi connectivity index (χ3n) is 4.96. The van der Waals surface area contributed by atoms with Crippen LogP contribution in [0.3, 0.4) is 0 Å². The lowest BCUT2D eigenvalue weighted by Crippen LogP contribution is -2.50. The number of nitrogens with zero attached hydrogens (tertiary/aromatic N) is 1. The molecule has 2 aliphatic heterocycles. The number of hydrogen-bond donors (Lipinski definition) is 5. The van der Waals surface area contributed by atoms with Crippen molar-refractivity contribution in [2.24, 2.45) is 0 Å². The van der Waals surface area contributed by atoms with Crippen LogP contribution in [0.5, 0.6) is 0 Å². The van der Waals surface area contributed by atoms with E-state index in [0.717, 1.165) is 0 Å². The first-order chi connectivity index (χ1) is 13.3. The Kier molecular flexibility index (Phi) is 6.89. The van der Waals surface area contributed by atoms with Gasteiger partial charge in [0.2, 0.25) is 0 Å². The van der Waals surface area contributed by atoms with Gasteiger partial charge < -0.3 is 35.0 Å². The third kappa shape index (κ3) is 4.47. The van der Waals surface area contributed by atoms with Crippen molar-refractivity contribution >= 4 is 16.6 Å². The zero-order valence-corrected chi connectivity index (χ0v) is 15.7. The van der Waals surface area contributed by atoms with Crippen molar-refractivity contribution in [1.82, 2.24) is 0 Å². The van der Waals surface area contributed by atoms with E-state index in [1.807, 2.05) is 0 Å². The van der Waals surface area contributed by atoms with Gasteiger partial charge >= 0.3 is 0 Å². The summed E-state index contributed by atoms with van der Waals surface area (Å²) in [7, 11) is -0.659. The number of aliphatic hydroxyl groups is 5. The summed E-state index contributed by atoms with van der Waals surface area (Å²) in [6.45, 7) is -0.445. The molecule has 3 rings (SSSR count). The molecule has 2 heterocycles. The fourth-order valence-electron chi connectivity index (χ4n) is 3.47. The van der Waals surface area contributed by atoms with Crippen molar-refractivity contribution in [1.29, 1.82) is 0 Å². The molecule has 0 spiro atoms. The highest BCUT2D eigenvalue weighted by molar-refractivity contribution is 7.97. The summed E-state index contributed by atoms with van der Waals surface area (Å²) in [6.07, 6.45) is -6.27. The van der Waals surface area contributed by atoms with E-state index in [1.165, 1.54) is 18.2 Å². The molecule has 28 heavy (non-hydrogen) atoms. The maximum atomic E-state index is 10.9. The van der Waals surface area contributed by atoms with Gasteiger partial charge in [-0.3, -0.25) is 10.1 Å². The molecule has 10 nitrogen and oxygen atoms in total. The van der Waals surface area contributed by atoms with E-state index in [2.05, 4.69) is 0 Å². The number of rotatable bonds is 6. The standard InChI is InChI=1S/C17H24NO9S/c19-5-14-15(23)12(21)7-28(14)8-13(22)16-11(20)6-26-17(27-16)9-2-1-3-10(4-9)18(24)25/h1-4,11-17,19-23H,5-8H2/q+1/t11-,12-,13-,14-,15+,16+,17?,28?/m1/s1. The molecule has 5 N–H and O–H groups in total.